The molecular weight excluding hydrogens is 316 g/mol. The van der Waals surface area contributed by atoms with E-state index < -0.39 is 10.0 Å². The minimum absolute atomic E-state index is 0.0427. The first-order chi connectivity index (χ1) is 9.95. The van der Waals surface area contributed by atoms with Crippen molar-refractivity contribution >= 4 is 27.5 Å². The van der Waals surface area contributed by atoms with Crippen molar-refractivity contribution in [3.8, 4) is 0 Å². The Morgan fingerprint density at radius 3 is 2.52 bits per heavy atom. The number of methoxy groups -OCH3 is 1. The highest BCUT2D eigenvalue weighted by Crippen LogP contribution is 2.13. The minimum Gasteiger partial charge on any atom is -0.385 e. The topological polar surface area (TPSA) is 84.5 Å². The van der Waals surface area contributed by atoms with Crippen LogP contribution in [0.25, 0.3) is 0 Å². The first kappa shape index (κ1) is 17.9. The molecule has 0 aromatic heterocycles. The molecule has 118 valence electrons. The van der Waals surface area contributed by atoms with Crippen LogP contribution in [0.4, 0.5) is 0 Å². The van der Waals surface area contributed by atoms with Crippen molar-refractivity contribution in [1.82, 2.24) is 10.0 Å². The van der Waals surface area contributed by atoms with Crippen molar-refractivity contribution in [1.29, 1.82) is 0 Å². The molecule has 1 aromatic rings. The van der Waals surface area contributed by atoms with Crippen LogP contribution in [0.1, 0.15) is 12.8 Å². The minimum atomic E-state index is -3.61. The van der Waals surface area contributed by atoms with E-state index >= 15 is 0 Å². The predicted molar refractivity (Wildman–Crippen MR) is 80.8 cm³/mol. The van der Waals surface area contributed by atoms with E-state index in [-0.39, 0.29) is 23.8 Å². The number of ether oxygens (including phenoxy) is 1. The molecule has 8 heteroatoms. The zero-order chi connectivity index (χ0) is 15.7. The Bertz CT molecular complexity index is 546. The monoisotopic (exact) mass is 334 g/mol. The van der Waals surface area contributed by atoms with Crippen molar-refractivity contribution in [3.05, 3.63) is 29.3 Å². The van der Waals surface area contributed by atoms with E-state index in [4.69, 9.17) is 16.3 Å². The first-order valence-corrected chi connectivity index (χ1v) is 8.32. The molecule has 0 fully saturated rings. The quantitative estimate of drug-likeness (QED) is 0.664. The van der Waals surface area contributed by atoms with Crippen LogP contribution >= 0.6 is 11.6 Å². The molecule has 0 aliphatic carbocycles. The molecular formula is C13H19ClN2O4S. The summed E-state index contributed by atoms with van der Waals surface area (Å²) in [6.45, 7) is 1.13. The van der Waals surface area contributed by atoms with Gasteiger partial charge in [-0.3, -0.25) is 4.79 Å². The Labute approximate surface area is 129 Å². The van der Waals surface area contributed by atoms with Crippen LogP contribution in [-0.4, -0.2) is 41.1 Å². The fourth-order valence-electron chi connectivity index (χ4n) is 1.53. The molecule has 0 unspecified atom stereocenters. The second-order valence-corrected chi connectivity index (χ2v) is 6.50. The molecule has 2 N–H and O–H groups in total. The summed E-state index contributed by atoms with van der Waals surface area (Å²) in [5.41, 5.74) is 0. The number of benzene rings is 1. The lowest BCUT2D eigenvalue weighted by Gasteiger charge is -2.07. The Balaban J connectivity index is 2.34. The van der Waals surface area contributed by atoms with Gasteiger partial charge in [-0.15, -0.1) is 0 Å². The molecule has 0 saturated heterocycles. The number of carbonyl (C=O) groups is 1. The average molecular weight is 335 g/mol. The van der Waals surface area contributed by atoms with Crippen LogP contribution in [0.5, 0.6) is 0 Å². The molecule has 0 spiro atoms. The van der Waals surface area contributed by atoms with Gasteiger partial charge < -0.3 is 10.1 Å². The number of amides is 1. The SMILES string of the molecule is COCCCNC(=O)CCNS(=O)(=O)c1ccc(Cl)cc1. The van der Waals surface area contributed by atoms with Gasteiger partial charge in [0.2, 0.25) is 15.9 Å². The summed E-state index contributed by atoms with van der Waals surface area (Å²) >= 11 is 5.70. The molecule has 0 saturated carbocycles. The van der Waals surface area contributed by atoms with Gasteiger partial charge in [0.15, 0.2) is 0 Å². The lowest BCUT2D eigenvalue weighted by molar-refractivity contribution is -0.120. The van der Waals surface area contributed by atoms with Gasteiger partial charge in [-0.1, -0.05) is 11.6 Å². The molecule has 0 aliphatic heterocycles. The summed E-state index contributed by atoms with van der Waals surface area (Å²) in [6, 6.07) is 5.82. The summed E-state index contributed by atoms with van der Waals surface area (Å²) < 4.78 is 31.1. The Hall–Kier alpha value is -1.15. The highest BCUT2D eigenvalue weighted by atomic mass is 35.5. The molecule has 0 radical (unpaired) electrons. The Kier molecular flexibility index (Phi) is 7.66. The van der Waals surface area contributed by atoms with Crippen molar-refractivity contribution in [2.24, 2.45) is 0 Å². The van der Waals surface area contributed by atoms with Gasteiger partial charge in [-0.2, -0.15) is 0 Å². The van der Waals surface area contributed by atoms with E-state index in [2.05, 4.69) is 10.0 Å². The van der Waals surface area contributed by atoms with Crippen LogP contribution < -0.4 is 10.0 Å². The molecule has 0 atom stereocenters. The maximum Gasteiger partial charge on any atom is 0.240 e. The van der Waals surface area contributed by atoms with Crippen LogP contribution in [0.3, 0.4) is 0 Å². The smallest absolute Gasteiger partial charge is 0.240 e. The van der Waals surface area contributed by atoms with E-state index in [9.17, 15) is 13.2 Å². The summed E-state index contributed by atoms with van der Waals surface area (Å²) in [7, 11) is -2.02. The molecule has 1 amide bonds. The normalized spacial score (nSPS) is 11.3. The van der Waals surface area contributed by atoms with Crippen LogP contribution in [0.2, 0.25) is 5.02 Å². The maximum absolute atomic E-state index is 11.9. The van der Waals surface area contributed by atoms with Crippen molar-refractivity contribution in [2.45, 2.75) is 17.7 Å². The number of hydrogen-bond donors (Lipinski definition) is 2. The molecule has 0 aliphatic rings. The number of nitrogens with one attached hydrogen (secondary N) is 2. The van der Waals surface area contributed by atoms with E-state index in [1.54, 1.807) is 7.11 Å². The van der Waals surface area contributed by atoms with Gasteiger partial charge in [0.25, 0.3) is 0 Å². The van der Waals surface area contributed by atoms with Gasteiger partial charge >= 0.3 is 0 Å². The summed E-state index contributed by atoms with van der Waals surface area (Å²) in [4.78, 5) is 11.6. The van der Waals surface area contributed by atoms with E-state index in [0.29, 0.717) is 18.2 Å². The first-order valence-electron chi connectivity index (χ1n) is 6.46. The van der Waals surface area contributed by atoms with Crippen molar-refractivity contribution < 1.29 is 17.9 Å². The second-order valence-electron chi connectivity index (χ2n) is 4.30. The van der Waals surface area contributed by atoms with Gasteiger partial charge in [-0.25, -0.2) is 13.1 Å². The molecule has 21 heavy (non-hydrogen) atoms. The van der Waals surface area contributed by atoms with Gasteiger partial charge in [0, 0.05) is 38.2 Å². The zero-order valence-corrected chi connectivity index (χ0v) is 13.3. The summed E-state index contributed by atoms with van der Waals surface area (Å²) in [6.07, 6.45) is 0.804. The largest absolute Gasteiger partial charge is 0.385 e. The molecule has 0 heterocycles. The van der Waals surface area contributed by atoms with Gasteiger partial charge in [0.1, 0.15) is 0 Å². The highest BCUT2D eigenvalue weighted by Gasteiger charge is 2.13. The summed E-state index contributed by atoms with van der Waals surface area (Å²) in [5.74, 6) is -0.204. The van der Waals surface area contributed by atoms with Gasteiger partial charge in [0.05, 0.1) is 4.90 Å². The average Bonchev–Trinajstić information content (AvgIpc) is 2.44. The Morgan fingerprint density at radius 1 is 1.24 bits per heavy atom. The van der Waals surface area contributed by atoms with Crippen molar-refractivity contribution in [2.75, 3.05) is 26.8 Å². The third kappa shape index (κ3) is 6.90. The lowest BCUT2D eigenvalue weighted by atomic mass is 10.4. The zero-order valence-electron chi connectivity index (χ0n) is 11.8. The molecule has 1 aromatic carbocycles. The van der Waals surface area contributed by atoms with Crippen molar-refractivity contribution in [3.63, 3.8) is 0 Å². The standard InChI is InChI=1S/C13H19ClN2O4S/c1-20-10-2-8-15-13(17)7-9-16-21(18,19)12-5-3-11(14)4-6-12/h3-6,16H,2,7-10H2,1H3,(H,15,17). The van der Waals surface area contributed by atoms with E-state index in [1.165, 1.54) is 24.3 Å². The maximum atomic E-state index is 11.9. The highest BCUT2D eigenvalue weighted by molar-refractivity contribution is 7.89. The number of carbonyl (C=O) groups excluding carboxylic acids is 1. The molecule has 1 rings (SSSR count). The number of rotatable bonds is 9. The predicted octanol–water partition coefficient (Wildman–Crippen LogP) is 1.16. The molecule has 6 nitrogen and oxygen atoms in total. The van der Waals surface area contributed by atoms with Crippen LogP contribution in [0.15, 0.2) is 29.2 Å². The van der Waals surface area contributed by atoms with E-state index in [1.807, 2.05) is 0 Å². The summed E-state index contributed by atoms with van der Waals surface area (Å²) in [5, 5.41) is 3.14. The third-order valence-electron chi connectivity index (χ3n) is 2.62. The number of hydrogen-bond acceptors (Lipinski definition) is 4. The van der Waals surface area contributed by atoms with Crippen LogP contribution in [0, 0.1) is 0 Å². The Morgan fingerprint density at radius 2 is 1.90 bits per heavy atom. The van der Waals surface area contributed by atoms with Gasteiger partial charge in [-0.05, 0) is 30.7 Å². The fraction of sp³-hybridized carbons (Fsp3) is 0.462. The lowest BCUT2D eigenvalue weighted by Crippen LogP contribution is -2.31. The molecule has 0 bridgehead atoms. The van der Waals surface area contributed by atoms with E-state index in [0.717, 1.165) is 6.42 Å². The number of sulfonamides is 1. The van der Waals surface area contributed by atoms with Crippen LogP contribution in [-0.2, 0) is 19.6 Å². The second kappa shape index (κ2) is 8.99. The fourth-order valence-corrected chi connectivity index (χ4v) is 2.69. The third-order valence-corrected chi connectivity index (χ3v) is 4.34. The number of halogens is 1.